The third-order valence-electron chi connectivity index (χ3n) is 3.35. The van der Waals surface area contributed by atoms with Gasteiger partial charge in [0.15, 0.2) is 0 Å². The predicted molar refractivity (Wildman–Crippen MR) is 78.5 cm³/mol. The zero-order valence-corrected chi connectivity index (χ0v) is 11.3. The summed E-state index contributed by atoms with van der Waals surface area (Å²) in [6, 6.07) is 10.6. The molecule has 3 rings (SSSR count). The van der Waals surface area contributed by atoms with E-state index in [9.17, 15) is 14.0 Å². The highest BCUT2D eigenvalue weighted by Crippen LogP contribution is 2.18. The van der Waals surface area contributed by atoms with Crippen molar-refractivity contribution < 1.29 is 14.3 Å². The van der Waals surface area contributed by atoms with Crippen LogP contribution in [0.15, 0.2) is 47.3 Å². The van der Waals surface area contributed by atoms with Crippen molar-refractivity contribution in [3.8, 4) is 0 Å². The van der Waals surface area contributed by atoms with Gasteiger partial charge in [0, 0.05) is 11.8 Å². The lowest BCUT2D eigenvalue weighted by atomic mass is 10.0. The molecule has 0 aliphatic heterocycles. The van der Waals surface area contributed by atoms with Gasteiger partial charge in [-0.25, -0.2) is 14.3 Å². The number of aromatic carboxylic acids is 1. The van der Waals surface area contributed by atoms with Crippen LogP contribution in [-0.2, 0) is 6.42 Å². The van der Waals surface area contributed by atoms with E-state index in [2.05, 4.69) is 10.2 Å². The van der Waals surface area contributed by atoms with Crippen LogP contribution >= 0.6 is 0 Å². The minimum Gasteiger partial charge on any atom is -0.478 e. The Hall–Kier alpha value is -3.02. The number of carboxylic acids is 1. The minimum absolute atomic E-state index is 0.122. The zero-order valence-electron chi connectivity index (χ0n) is 11.3. The van der Waals surface area contributed by atoms with Gasteiger partial charge in [0.25, 0.3) is 5.56 Å². The number of hydrogen-bond donors (Lipinski definition) is 2. The standard InChI is InChI=1S/C16H11FN2O3/c17-11-6-9(5-10(8-11)16(21)22)7-14-12-3-1-2-4-13(12)15(20)19-18-14/h1-6,8H,7H2,(H,19,20)(H,21,22). The number of halogens is 1. The molecule has 0 saturated heterocycles. The molecule has 3 aromatic rings. The molecule has 1 aromatic heterocycles. The van der Waals surface area contributed by atoms with Gasteiger partial charge in [-0.3, -0.25) is 4.79 Å². The fourth-order valence-electron chi connectivity index (χ4n) is 2.38. The van der Waals surface area contributed by atoms with E-state index >= 15 is 0 Å². The lowest BCUT2D eigenvalue weighted by Gasteiger charge is -2.06. The Morgan fingerprint density at radius 3 is 2.64 bits per heavy atom. The van der Waals surface area contributed by atoms with Crippen LogP contribution in [0.4, 0.5) is 4.39 Å². The number of nitrogens with one attached hydrogen (secondary N) is 1. The predicted octanol–water partition coefficient (Wildman–Crippen LogP) is 2.35. The van der Waals surface area contributed by atoms with Crippen molar-refractivity contribution in [2.45, 2.75) is 6.42 Å². The topological polar surface area (TPSA) is 83.0 Å². The van der Waals surface area contributed by atoms with Gasteiger partial charge >= 0.3 is 5.97 Å². The first-order chi connectivity index (χ1) is 10.5. The van der Waals surface area contributed by atoms with Gasteiger partial charge in [-0.1, -0.05) is 18.2 Å². The molecule has 2 aromatic carbocycles. The minimum atomic E-state index is -1.19. The lowest BCUT2D eigenvalue weighted by Crippen LogP contribution is -2.11. The van der Waals surface area contributed by atoms with Crippen LogP contribution in [0.3, 0.4) is 0 Å². The van der Waals surface area contributed by atoms with Crippen molar-refractivity contribution >= 4 is 16.7 Å². The second-order valence-corrected chi connectivity index (χ2v) is 4.88. The molecule has 0 radical (unpaired) electrons. The molecule has 6 heteroatoms. The smallest absolute Gasteiger partial charge is 0.335 e. The molecular weight excluding hydrogens is 287 g/mol. The molecule has 0 fully saturated rings. The molecule has 110 valence electrons. The molecule has 0 unspecified atom stereocenters. The van der Waals surface area contributed by atoms with Crippen LogP contribution in [0.1, 0.15) is 21.6 Å². The molecule has 0 saturated carbocycles. The Bertz CT molecular complexity index is 934. The maximum Gasteiger partial charge on any atom is 0.335 e. The maximum atomic E-state index is 13.5. The van der Waals surface area contributed by atoms with Crippen LogP contribution in [-0.4, -0.2) is 21.3 Å². The number of H-pyrrole nitrogens is 1. The van der Waals surface area contributed by atoms with Crippen molar-refractivity contribution in [1.29, 1.82) is 0 Å². The van der Waals surface area contributed by atoms with Gasteiger partial charge in [0.1, 0.15) is 5.82 Å². The number of nitrogens with zero attached hydrogens (tertiary/aromatic N) is 1. The van der Waals surface area contributed by atoms with Gasteiger partial charge in [-0.15, -0.1) is 0 Å². The number of hydrogen-bond acceptors (Lipinski definition) is 3. The first-order valence-electron chi connectivity index (χ1n) is 6.53. The van der Waals surface area contributed by atoms with Gasteiger partial charge in [0.05, 0.1) is 16.6 Å². The van der Waals surface area contributed by atoms with Crippen molar-refractivity contribution in [2.75, 3.05) is 0 Å². The Balaban J connectivity index is 2.09. The van der Waals surface area contributed by atoms with Crippen molar-refractivity contribution in [1.82, 2.24) is 10.2 Å². The molecule has 5 nitrogen and oxygen atoms in total. The first-order valence-corrected chi connectivity index (χ1v) is 6.53. The summed E-state index contributed by atoms with van der Waals surface area (Å²) < 4.78 is 13.5. The summed E-state index contributed by atoms with van der Waals surface area (Å²) in [6.45, 7) is 0. The van der Waals surface area contributed by atoms with E-state index in [1.807, 2.05) is 0 Å². The average Bonchev–Trinajstić information content (AvgIpc) is 2.50. The van der Waals surface area contributed by atoms with E-state index in [4.69, 9.17) is 5.11 Å². The van der Waals surface area contributed by atoms with Crippen LogP contribution < -0.4 is 5.56 Å². The molecule has 2 N–H and O–H groups in total. The summed E-state index contributed by atoms with van der Waals surface area (Å²) in [5, 5.41) is 16.5. The van der Waals surface area contributed by atoms with Gasteiger partial charge < -0.3 is 5.11 Å². The summed E-state index contributed by atoms with van der Waals surface area (Å²) in [4.78, 5) is 22.7. The molecule has 0 aliphatic carbocycles. The van der Waals surface area contributed by atoms with Gasteiger partial charge in [-0.2, -0.15) is 5.10 Å². The third-order valence-corrected chi connectivity index (χ3v) is 3.35. The highest BCUT2D eigenvalue weighted by atomic mass is 19.1. The highest BCUT2D eigenvalue weighted by molar-refractivity contribution is 5.88. The average molecular weight is 298 g/mol. The Kier molecular flexibility index (Phi) is 3.42. The summed E-state index contributed by atoms with van der Waals surface area (Å²) in [6.07, 6.45) is 0.218. The molecule has 22 heavy (non-hydrogen) atoms. The molecule has 1 heterocycles. The quantitative estimate of drug-likeness (QED) is 0.777. The third kappa shape index (κ3) is 2.58. The maximum absolute atomic E-state index is 13.5. The number of aromatic nitrogens is 2. The fraction of sp³-hybridized carbons (Fsp3) is 0.0625. The molecule has 0 atom stereocenters. The Morgan fingerprint density at radius 2 is 1.91 bits per heavy atom. The Labute approximate surface area is 124 Å². The Morgan fingerprint density at radius 1 is 1.18 bits per heavy atom. The number of carboxylic acid groups (broad SMARTS) is 1. The molecule has 0 bridgehead atoms. The van der Waals surface area contributed by atoms with E-state index in [1.54, 1.807) is 24.3 Å². The van der Waals surface area contributed by atoms with Gasteiger partial charge in [0.2, 0.25) is 0 Å². The van der Waals surface area contributed by atoms with Crippen molar-refractivity contribution in [3.05, 3.63) is 75.5 Å². The van der Waals surface area contributed by atoms with Crippen molar-refractivity contribution in [3.63, 3.8) is 0 Å². The summed E-state index contributed by atoms with van der Waals surface area (Å²) in [7, 11) is 0. The number of rotatable bonds is 3. The van der Waals surface area contributed by atoms with Crippen LogP contribution in [0, 0.1) is 5.82 Å². The van der Waals surface area contributed by atoms with Crippen LogP contribution in [0.5, 0.6) is 0 Å². The SMILES string of the molecule is O=C(O)c1cc(F)cc(Cc2n[nH]c(=O)c3ccccc23)c1. The molecular formula is C16H11FN2O3. The van der Waals surface area contributed by atoms with Gasteiger partial charge in [-0.05, 0) is 29.8 Å². The van der Waals surface area contributed by atoms with E-state index in [-0.39, 0.29) is 17.5 Å². The monoisotopic (exact) mass is 298 g/mol. The second-order valence-electron chi connectivity index (χ2n) is 4.88. The second kappa shape index (κ2) is 5.40. The number of fused-ring (bicyclic) bond motifs is 1. The lowest BCUT2D eigenvalue weighted by molar-refractivity contribution is 0.0696. The zero-order chi connectivity index (χ0) is 15.7. The molecule has 0 aliphatic rings. The molecule has 0 amide bonds. The van der Waals surface area contributed by atoms with E-state index in [0.717, 1.165) is 6.07 Å². The molecule has 0 spiro atoms. The van der Waals surface area contributed by atoms with Crippen LogP contribution in [0.2, 0.25) is 0 Å². The summed E-state index contributed by atoms with van der Waals surface area (Å²) in [5.74, 6) is -1.82. The van der Waals surface area contributed by atoms with E-state index < -0.39 is 11.8 Å². The highest BCUT2D eigenvalue weighted by Gasteiger charge is 2.11. The van der Waals surface area contributed by atoms with E-state index in [1.165, 1.54) is 12.1 Å². The van der Waals surface area contributed by atoms with Crippen LogP contribution in [0.25, 0.3) is 10.8 Å². The number of aromatic amines is 1. The number of carbonyl (C=O) groups is 1. The first kappa shape index (κ1) is 13.9. The summed E-state index contributed by atoms with van der Waals surface area (Å²) >= 11 is 0. The normalized spacial score (nSPS) is 10.8. The largest absolute Gasteiger partial charge is 0.478 e. The number of benzene rings is 2. The summed E-state index contributed by atoms with van der Waals surface area (Å²) in [5.41, 5.74) is 0.604. The fourth-order valence-corrected chi connectivity index (χ4v) is 2.38. The van der Waals surface area contributed by atoms with Crippen molar-refractivity contribution in [2.24, 2.45) is 0 Å². The van der Waals surface area contributed by atoms with E-state index in [0.29, 0.717) is 22.0 Å².